The number of nitrogens with one attached hydrogen (secondary N) is 2. The van der Waals surface area contributed by atoms with Gasteiger partial charge in [-0.25, -0.2) is 4.79 Å². The molecule has 0 atom stereocenters. The van der Waals surface area contributed by atoms with Crippen LogP contribution in [0.15, 0.2) is 11.3 Å². The van der Waals surface area contributed by atoms with Gasteiger partial charge in [-0.1, -0.05) is 39.0 Å². The summed E-state index contributed by atoms with van der Waals surface area (Å²) < 4.78 is 0. The number of rotatable bonds is 9. The molecule has 0 spiro atoms. The van der Waals surface area contributed by atoms with Gasteiger partial charge in [0.05, 0.1) is 0 Å². The second-order valence-electron chi connectivity index (χ2n) is 4.62. The van der Waals surface area contributed by atoms with Crippen molar-refractivity contribution >= 4 is 11.9 Å². The third-order valence-electron chi connectivity index (χ3n) is 2.87. The van der Waals surface area contributed by atoms with Crippen LogP contribution in [0.25, 0.3) is 0 Å². The first-order chi connectivity index (χ1) is 9.52. The van der Waals surface area contributed by atoms with Crippen molar-refractivity contribution in [2.75, 3.05) is 6.54 Å². The van der Waals surface area contributed by atoms with E-state index in [1.807, 2.05) is 5.32 Å². The minimum Gasteiger partial charge on any atom is -0.387 e. The lowest BCUT2D eigenvalue weighted by Crippen LogP contribution is -2.36. The molecule has 0 fully saturated rings. The van der Waals surface area contributed by atoms with Crippen LogP contribution >= 0.6 is 0 Å². The van der Waals surface area contributed by atoms with Gasteiger partial charge in [-0.15, -0.1) is 0 Å². The number of allylic oxidation sites excluding steroid dienone is 1. The van der Waals surface area contributed by atoms with Crippen LogP contribution in [0, 0.1) is 11.3 Å². The van der Waals surface area contributed by atoms with Gasteiger partial charge < -0.3 is 11.1 Å². The van der Waals surface area contributed by atoms with E-state index in [0.717, 1.165) is 12.8 Å². The first-order valence-electron chi connectivity index (χ1n) is 6.98. The maximum absolute atomic E-state index is 11.5. The van der Waals surface area contributed by atoms with Gasteiger partial charge in [0, 0.05) is 12.2 Å². The fourth-order valence-corrected chi connectivity index (χ4v) is 1.75. The van der Waals surface area contributed by atoms with Crippen molar-refractivity contribution in [1.82, 2.24) is 10.6 Å². The van der Waals surface area contributed by atoms with Crippen molar-refractivity contribution in [2.45, 2.75) is 52.4 Å². The lowest BCUT2D eigenvalue weighted by molar-refractivity contribution is -0.116. The summed E-state index contributed by atoms with van der Waals surface area (Å²) >= 11 is 0. The molecular weight excluding hydrogens is 256 g/mol. The third-order valence-corrected chi connectivity index (χ3v) is 2.87. The van der Waals surface area contributed by atoms with Gasteiger partial charge in [0.15, 0.2) is 0 Å². The van der Waals surface area contributed by atoms with E-state index in [1.165, 1.54) is 25.7 Å². The first-order valence-corrected chi connectivity index (χ1v) is 6.98. The van der Waals surface area contributed by atoms with Crippen molar-refractivity contribution < 1.29 is 9.59 Å². The topological polar surface area (TPSA) is 108 Å². The molecule has 112 valence electrons. The number of amides is 3. The fourth-order valence-electron chi connectivity index (χ4n) is 1.75. The molecule has 0 bridgehead atoms. The highest BCUT2D eigenvalue weighted by Gasteiger charge is 2.13. The Hall–Kier alpha value is -2.03. The number of nitrogens with two attached hydrogens (primary N) is 1. The lowest BCUT2D eigenvalue weighted by atomic mass is 10.1. The zero-order valence-electron chi connectivity index (χ0n) is 12.3. The van der Waals surface area contributed by atoms with Gasteiger partial charge in [-0.2, -0.15) is 5.26 Å². The van der Waals surface area contributed by atoms with Crippen molar-refractivity contribution in [3.8, 4) is 6.07 Å². The van der Waals surface area contributed by atoms with E-state index in [1.54, 1.807) is 13.0 Å². The van der Waals surface area contributed by atoms with Crippen molar-refractivity contribution in [2.24, 2.45) is 5.73 Å². The predicted octanol–water partition coefficient (Wildman–Crippen LogP) is 1.93. The molecule has 0 aliphatic carbocycles. The molecule has 6 nitrogen and oxygen atoms in total. The molecule has 0 saturated carbocycles. The number of nitrogens with zero attached hydrogens (tertiary/aromatic N) is 1. The SMILES string of the molecule is CCCCCCCCNC(C)=C(C#N)C(=O)NC(N)=O. The Bertz CT molecular complexity index is 396. The van der Waals surface area contributed by atoms with Crippen LogP contribution in [-0.4, -0.2) is 18.5 Å². The summed E-state index contributed by atoms with van der Waals surface area (Å²) in [4.78, 5) is 22.1. The molecule has 0 unspecified atom stereocenters. The molecule has 0 saturated heterocycles. The molecular formula is C14H24N4O2. The number of carbonyl (C=O) groups excluding carboxylic acids is 2. The van der Waals surface area contributed by atoms with Gasteiger partial charge in [0.2, 0.25) is 0 Å². The molecule has 0 aliphatic heterocycles. The van der Waals surface area contributed by atoms with Crippen LogP contribution in [-0.2, 0) is 4.79 Å². The average Bonchev–Trinajstić information content (AvgIpc) is 2.37. The van der Waals surface area contributed by atoms with Crippen molar-refractivity contribution in [3.05, 3.63) is 11.3 Å². The zero-order chi connectivity index (χ0) is 15.4. The van der Waals surface area contributed by atoms with Crippen molar-refractivity contribution in [3.63, 3.8) is 0 Å². The van der Waals surface area contributed by atoms with E-state index in [-0.39, 0.29) is 5.57 Å². The number of nitriles is 1. The predicted molar refractivity (Wildman–Crippen MR) is 77.4 cm³/mol. The molecule has 0 aliphatic rings. The number of carbonyl (C=O) groups is 2. The highest BCUT2D eigenvalue weighted by atomic mass is 16.2. The Morgan fingerprint density at radius 3 is 2.30 bits per heavy atom. The van der Waals surface area contributed by atoms with Gasteiger partial charge in [0.1, 0.15) is 11.6 Å². The fraction of sp³-hybridized carbons (Fsp3) is 0.643. The number of urea groups is 1. The van der Waals surface area contributed by atoms with E-state index in [2.05, 4.69) is 12.2 Å². The molecule has 0 heterocycles. The molecule has 3 amide bonds. The first kappa shape index (κ1) is 18.0. The summed E-state index contributed by atoms with van der Waals surface area (Å²) in [5.41, 5.74) is 5.18. The Labute approximate surface area is 120 Å². The number of primary amides is 1. The van der Waals surface area contributed by atoms with E-state index >= 15 is 0 Å². The Morgan fingerprint density at radius 2 is 1.75 bits per heavy atom. The zero-order valence-corrected chi connectivity index (χ0v) is 12.3. The summed E-state index contributed by atoms with van der Waals surface area (Å²) in [7, 11) is 0. The Morgan fingerprint density at radius 1 is 1.15 bits per heavy atom. The summed E-state index contributed by atoms with van der Waals surface area (Å²) in [6, 6.07) is 0.807. The second-order valence-corrected chi connectivity index (χ2v) is 4.62. The molecule has 0 rings (SSSR count). The molecule has 0 radical (unpaired) electrons. The second kappa shape index (κ2) is 10.9. The number of imide groups is 1. The van der Waals surface area contributed by atoms with Crippen LogP contribution in [0.5, 0.6) is 0 Å². The molecule has 0 aromatic heterocycles. The quantitative estimate of drug-likeness (QED) is 0.340. The van der Waals surface area contributed by atoms with Crippen molar-refractivity contribution in [1.29, 1.82) is 5.26 Å². The number of hydrogen-bond donors (Lipinski definition) is 3. The van der Waals surface area contributed by atoms with Gasteiger partial charge in [-0.3, -0.25) is 10.1 Å². The van der Waals surface area contributed by atoms with E-state index in [9.17, 15) is 9.59 Å². The smallest absolute Gasteiger partial charge is 0.319 e. The molecule has 20 heavy (non-hydrogen) atoms. The van der Waals surface area contributed by atoms with Crippen LogP contribution < -0.4 is 16.4 Å². The largest absolute Gasteiger partial charge is 0.387 e. The summed E-state index contributed by atoms with van der Waals surface area (Å²) in [6.07, 6.45) is 7.03. The van der Waals surface area contributed by atoms with Gasteiger partial charge >= 0.3 is 6.03 Å². The molecule has 4 N–H and O–H groups in total. The maximum atomic E-state index is 11.5. The Kier molecular flexibility index (Phi) is 9.75. The van der Waals surface area contributed by atoms with E-state index in [4.69, 9.17) is 11.0 Å². The van der Waals surface area contributed by atoms with E-state index < -0.39 is 11.9 Å². The van der Waals surface area contributed by atoms with Crippen LogP contribution in [0.1, 0.15) is 52.4 Å². The summed E-state index contributed by atoms with van der Waals surface area (Å²) in [6.45, 7) is 4.51. The molecule has 6 heteroatoms. The monoisotopic (exact) mass is 280 g/mol. The van der Waals surface area contributed by atoms with E-state index in [0.29, 0.717) is 12.2 Å². The standard InChI is InChI=1S/C14H24N4O2/c1-3-4-5-6-7-8-9-17-11(2)12(10-15)13(19)18-14(16)20/h17H,3-9H2,1-2H3,(H3,16,18,19,20). The highest BCUT2D eigenvalue weighted by Crippen LogP contribution is 2.05. The third kappa shape index (κ3) is 8.14. The maximum Gasteiger partial charge on any atom is 0.319 e. The summed E-state index contributed by atoms with van der Waals surface area (Å²) in [5, 5.41) is 13.8. The van der Waals surface area contributed by atoms with Crippen LogP contribution in [0.4, 0.5) is 4.79 Å². The minimum atomic E-state index is -0.966. The summed E-state index contributed by atoms with van der Waals surface area (Å²) in [5.74, 6) is -0.770. The van der Waals surface area contributed by atoms with Crippen LogP contribution in [0.3, 0.4) is 0 Å². The van der Waals surface area contributed by atoms with Gasteiger partial charge in [-0.05, 0) is 13.3 Å². The minimum absolute atomic E-state index is 0.116. The van der Waals surface area contributed by atoms with Crippen LogP contribution in [0.2, 0.25) is 0 Å². The number of hydrogen-bond acceptors (Lipinski definition) is 4. The normalized spacial score (nSPS) is 11.2. The highest BCUT2D eigenvalue weighted by molar-refractivity contribution is 6.06. The average molecular weight is 280 g/mol. The Balaban J connectivity index is 4.10. The lowest BCUT2D eigenvalue weighted by Gasteiger charge is -2.08. The molecule has 0 aromatic rings. The molecule has 0 aromatic carbocycles. The van der Waals surface area contributed by atoms with Gasteiger partial charge in [0.25, 0.3) is 5.91 Å². The number of unbranched alkanes of at least 4 members (excludes halogenated alkanes) is 5.